The molecule has 0 rings (SSSR count). The maximum absolute atomic E-state index is 12.7. The highest BCUT2D eigenvalue weighted by atomic mass is 16.6. The molecule has 0 aliphatic rings. The van der Waals surface area contributed by atoms with Crippen LogP contribution in [0.15, 0.2) is 0 Å². The molecule has 0 aromatic carbocycles. The number of carbonyl (C=O) groups excluding carboxylic acids is 3. The molecule has 0 bridgehead atoms. The standard InChI is InChI=1S/C45H86O6/c1-4-7-10-13-16-19-22-24-27-29-32-35-38-44(47)50-41-42(51-45(48)39-36-33-30-25-21-18-15-12-9-6-3)40-49-43(46)37-34-31-28-26-23-20-17-14-11-8-5-2/h42H,4-41H2,1-3H3/t42-/m1/s1. The van der Waals surface area contributed by atoms with Crippen LogP contribution in [0.2, 0.25) is 0 Å². The van der Waals surface area contributed by atoms with E-state index in [-0.39, 0.29) is 31.1 Å². The van der Waals surface area contributed by atoms with E-state index in [0.717, 1.165) is 57.8 Å². The molecule has 0 radical (unpaired) electrons. The van der Waals surface area contributed by atoms with Crippen molar-refractivity contribution in [2.24, 2.45) is 0 Å². The molecule has 0 amide bonds. The first-order chi connectivity index (χ1) is 25.0. The van der Waals surface area contributed by atoms with Crippen molar-refractivity contribution in [3.8, 4) is 0 Å². The van der Waals surface area contributed by atoms with Crippen LogP contribution in [-0.4, -0.2) is 37.2 Å². The van der Waals surface area contributed by atoms with Crippen molar-refractivity contribution in [3.63, 3.8) is 0 Å². The van der Waals surface area contributed by atoms with Gasteiger partial charge in [0.15, 0.2) is 6.10 Å². The molecular formula is C45H86O6. The first-order valence-electron chi connectivity index (χ1n) is 22.5. The van der Waals surface area contributed by atoms with Crippen molar-refractivity contribution in [1.82, 2.24) is 0 Å². The van der Waals surface area contributed by atoms with Gasteiger partial charge < -0.3 is 14.2 Å². The summed E-state index contributed by atoms with van der Waals surface area (Å²) < 4.78 is 16.7. The minimum atomic E-state index is -0.757. The second-order valence-corrected chi connectivity index (χ2v) is 15.3. The summed E-state index contributed by atoms with van der Waals surface area (Å²) in [7, 11) is 0. The van der Waals surface area contributed by atoms with Crippen LogP contribution in [0.4, 0.5) is 0 Å². The molecule has 0 spiro atoms. The second kappa shape index (κ2) is 41.2. The predicted molar refractivity (Wildman–Crippen MR) is 215 cm³/mol. The number of unbranched alkanes of at least 4 members (excludes halogenated alkanes) is 30. The van der Waals surface area contributed by atoms with Crippen molar-refractivity contribution in [3.05, 3.63) is 0 Å². The SMILES string of the molecule is CCCCCCCCCCCCCCC(=O)OC[C@@H](COC(=O)CCCCCCCCCCCCC)OC(=O)CCCCCCCCCCCC. The maximum Gasteiger partial charge on any atom is 0.306 e. The van der Waals surface area contributed by atoms with E-state index in [4.69, 9.17) is 14.2 Å². The highest BCUT2D eigenvalue weighted by Gasteiger charge is 2.19. The fourth-order valence-corrected chi connectivity index (χ4v) is 6.68. The van der Waals surface area contributed by atoms with E-state index in [0.29, 0.717) is 19.3 Å². The Kier molecular flexibility index (Phi) is 39.9. The van der Waals surface area contributed by atoms with Crippen molar-refractivity contribution in [1.29, 1.82) is 0 Å². The quantitative estimate of drug-likeness (QED) is 0.0355. The van der Waals surface area contributed by atoms with Crippen LogP contribution in [0.5, 0.6) is 0 Å². The summed E-state index contributed by atoms with van der Waals surface area (Å²) in [5.41, 5.74) is 0. The number of carbonyl (C=O) groups is 3. The number of esters is 3. The van der Waals surface area contributed by atoms with Gasteiger partial charge in [-0.3, -0.25) is 14.4 Å². The third-order valence-corrected chi connectivity index (χ3v) is 10.1. The molecule has 0 N–H and O–H groups in total. The molecule has 0 aliphatic heterocycles. The molecule has 51 heavy (non-hydrogen) atoms. The van der Waals surface area contributed by atoms with Crippen molar-refractivity contribution in [2.75, 3.05) is 13.2 Å². The Morgan fingerprint density at radius 1 is 0.314 bits per heavy atom. The molecule has 0 unspecified atom stereocenters. The van der Waals surface area contributed by atoms with Gasteiger partial charge in [0.2, 0.25) is 0 Å². The number of rotatable bonds is 41. The van der Waals surface area contributed by atoms with Gasteiger partial charge in [-0.05, 0) is 19.3 Å². The molecule has 0 aliphatic carbocycles. The lowest BCUT2D eigenvalue weighted by atomic mass is 10.0. The zero-order valence-corrected chi connectivity index (χ0v) is 34.4. The van der Waals surface area contributed by atoms with Gasteiger partial charge in [0.1, 0.15) is 13.2 Å². The van der Waals surface area contributed by atoms with Crippen molar-refractivity contribution in [2.45, 2.75) is 258 Å². The van der Waals surface area contributed by atoms with Gasteiger partial charge in [0.25, 0.3) is 0 Å². The van der Waals surface area contributed by atoms with E-state index in [9.17, 15) is 14.4 Å². The smallest absolute Gasteiger partial charge is 0.306 e. The van der Waals surface area contributed by atoms with E-state index in [1.807, 2.05) is 0 Å². The summed E-state index contributed by atoms with van der Waals surface area (Å²) in [4.78, 5) is 37.6. The predicted octanol–water partition coefficient (Wildman–Crippen LogP) is 14.1. The Morgan fingerprint density at radius 2 is 0.529 bits per heavy atom. The van der Waals surface area contributed by atoms with E-state index < -0.39 is 6.10 Å². The van der Waals surface area contributed by atoms with Gasteiger partial charge in [-0.25, -0.2) is 0 Å². The van der Waals surface area contributed by atoms with Crippen molar-refractivity contribution >= 4 is 17.9 Å². The van der Waals surface area contributed by atoms with E-state index in [1.54, 1.807) is 0 Å². The Hall–Kier alpha value is -1.59. The van der Waals surface area contributed by atoms with Gasteiger partial charge >= 0.3 is 17.9 Å². The molecule has 0 fully saturated rings. The van der Waals surface area contributed by atoms with Crippen LogP contribution in [0.25, 0.3) is 0 Å². The van der Waals surface area contributed by atoms with Crippen molar-refractivity contribution < 1.29 is 28.6 Å². The topological polar surface area (TPSA) is 78.9 Å². The summed E-state index contributed by atoms with van der Waals surface area (Å²) >= 11 is 0. The lowest BCUT2D eigenvalue weighted by Crippen LogP contribution is -2.30. The molecule has 0 aromatic heterocycles. The Morgan fingerprint density at radius 3 is 0.784 bits per heavy atom. The Bertz CT molecular complexity index is 753. The van der Waals surface area contributed by atoms with E-state index in [2.05, 4.69) is 20.8 Å². The van der Waals surface area contributed by atoms with Crippen LogP contribution in [0.1, 0.15) is 252 Å². The number of hydrogen-bond acceptors (Lipinski definition) is 6. The molecule has 0 aromatic rings. The van der Waals surface area contributed by atoms with Gasteiger partial charge in [-0.15, -0.1) is 0 Å². The molecule has 6 nitrogen and oxygen atoms in total. The first-order valence-corrected chi connectivity index (χ1v) is 22.5. The van der Waals surface area contributed by atoms with Crippen LogP contribution in [0, 0.1) is 0 Å². The molecule has 0 saturated heterocycles. The number of ether oxygens (including phenoxy) is 3. The number of hydrogen-bond donors (Lipinski definition) is 0. The van der Waals surface area contributed by atoms with Crippen LogP contribution in [-0.2, 0) is 28.6 Å². The molecule has 1 atom stereocenters. The van der Waals surface area contributed by atoms with E-state index in [1.165, 1.54) is 154 Å². The van der Waals surface area contributed by atoms with Gasteiger partial charge in [0, 0.05) is 19.3 Å². The average Bonchev–Trinajstić information content (AvgIpc) is 3.12. The third-order valence-electron chi connectivity index (χ3n) is 10.1. The molecule has 0 heterocycles. The monoisotopic (exact) mass is 723 g/mol. The lowest BCUT2D eigenvalue weighted by Gasteiger charge is -2.18. The highest BCUT2D eigenvalue weighted by molar-refractivity contribution is 5.71. The van der Waals surface area contributed by atoms with Gasteiger partial charge in [-0.1, -0.05) is 213 Å². The van der Waals surface area contributed by atoms with Crippen LogP contribution >= 0.6 is 0 Å². The first kappa shape index (κ1) is 49.4. The minimum Gasteiger partial charge on any atom is -0.462 e. The maximum atomic E-state index is 12.7. The zero-order chi connectivity index (χ0) is 37.3. The van der Waals surface area contributed by atoms with Gasteiger partial charge in [-0.2, -0.15) is 0 Å². The zero-order valence-electron chi connectivity index (χ0n) is 34.4. The summed E-state index contributed by atoms with van der Waals surface area (Å²) in [6, 6.07) is 0. The molecule has 302 valence electrons. The Labute approximate surface area is 317 Å². The van der Waals surface area contributed by atoms with E-state index >= 15 is 0 Å². The largest absolute Gasteiger partial charge is 0.462 e. The summed E-state index contributed by atoms with van der Waals surface area (Å²) in [5, 5.41) is 0. The van der Waals surface area contributed by atoms with Crippen LogP contribution in [0.3, 0.4) is 0 Å². The second-order valence-electron chi connectivity index (χ2n) is 15.3. The third kappa shape index (κ3) is 39.5. The van der Waals surface area contributed by atoms with Gasteiger partial charge in [0.05, 0.1) is 0 Å². The molecule has 0 saturated carbocycles. The van der Waals surface area contributed by atoms with Crippen LogP contribution < -0.4 is 0 Å². The summed E-state index contributed by atoms with van der Waals surface area (Å²) in [6.45, 7) is 6.63. The fourth-order valence-electron chi connectivity index (χ4n) is 6.68. The lowest BCUT2D eigenvalue weighted by molar-refractivity contribution is -0.167. The summed E-state index contributed by atoms with van der Waals surface area (Å²) in [6.07, 6.45) is 40.8. The summed E-state index contributed by atoms with van der Waals surface area (Å²) in [5.74, 6) is -0.854. The normalized spacial score (nSPS) is 11.8. The highest BCUT2D eigenvalue weighted by Crippen LogP contribution is 2.15. The average molecular weight is 723 g/mol. The minimum absolute atomic E-state index is 0.0629. The molecular weight excluding hydrogens is 636 g/mol. The Balaban J connectivity index is 4.31. The fraction of sp³-hybridized carbons (Fsp3) is 0.933. The molecule has 6 heteroatoms.